The van der Waals surface area contributed by atoms with Crippen molar-refractivity contribution in [2.24, 2.45) is 5.92 Å². The minimum absolute atomic E-state index is 0.770. The first kappa shape index (κ1) is 14.9. The Morgan fingerprint density at radius 3 is 2.45 bits per heavy atom. The van der Waals surface area contributed by atoms with Crippen LogP contribution in [-0.2, 0) is 6.42 Å². The molecular weight excluding hydrogens is 242 g/mol. The second-order valence-corrected chi connectivity index (χ2v) is 5.92. The second kappa shape index (κ2) is 7.90. The summed E-state index contributed by atoms with van der Waals surface area (Å²) in [5.41, 5.74) is 2.97. The molecule has 1 aliphatic carbocycles. The van der Waals surface area contributed by atoms with E-state index in [1.165, 1.54) is 43.2 Å². The molecule has 0 spiro atoms. The van der Waals surface area contributed by atoms with Crippen molar-refractivity contribution in [2.75, 3.05) is 0 Å². The van der Waals surface area contributed by atoms with Gasteiger partial charge in [-0.2, -0.15) is 5.26 Å². The van der Waals surface area contributed by atoms with Crippen LogP contribution in [0.15, 0.2) is 36.4 Å². The van der Waals surface area contributed by atoms with E-state index in [0.29, 0.717) is 0 Å². The Bertz CT molecular complexity index is 456. The van der Waals surface area contributed by atoms with E-state index in [9.17, 15) is 0 Å². The number of nitrogens with zero attached hydrogens (tertiary/aromatic N) is 1. The smallest absolute Gasteiger partial charge is 0.0908 e. The predicted octanol–water partition coefficient (Wildman–Crippen LogP) is 5.38. The van der Waals surface area contributed by atoms with Gasteiger partial charge in [-0.1, -0.05) is 37.3 Å². The topological polar surface area (TPSA) is 23.8 Å². The molecule has 1 aromatic rings. The van der Waals surface area contributed by atoms with Crippen molar-refractivity contribution in [1.29, 1.82) is 5.26 Å². The van der Waals surface area contributed by atoms with E-state index in [0.717, 1.165) is 24.7 Å². The van der Waals surface area contributed by atoms with Crippen molar-refractivity contribution < 1.29 is 0 Å². The number of aryl methyl sites for hydroxylation is 1. The molecule has 0 aliphatic heterocycles. The van der Waals surface area contributed by atoms with Crippen molar-refractivity contribution in [3.8, 4) is 6.07 Å². The van der Waals surface area contributed by atoms with E-state index >= 15 is 0 Å². The molecule has 106 valence electrons. The number of nitriles is 1. The molecule has 0 unspecified atom stereocenters. The molecule has 1 fully saturated rings. The van der Waals surface area contributed by atoms with Crippen molar-refractivity contribution in [1.82, 2.24) is 0 Å². The van der Waals surface area contributed by atoms with Gasteiger partial charge < -0.3 is 0 Å². The van der Waals surface area contributed by atoms with Crippen LogP contribution in [0.25, 0.3) is 0 Å². The van der Waals surface area contributed by atoms with E-state index in [1.807, 2.05) is 6.08 Å². The number of hydrogen-bond acceptors (Lipinski definition) is 1. The van der Waals surface area contributed by atoms with E-state index < -0.39 is 0 Å². The highest BCUT2D eigenvalue weighted by Gasteiger charge is 2.21. The first-order chi connectivity index (χ1) is 9.83. The van der Waals surface area contributed by atoms with Crippen LogP contribution in [0.2, 0.25) is 0 Å². The van der Waals surface area contributed by atoms with Gasteiger partial charge in [0.2, 0.25) is 0 Å². The highest BCUT2D eigenvalue weighted by atomic mass is 14.3. The molecule has 1 heteroatoms. The Morgan fingerprint density at radius 1 is 1.15 bits per heavy atom. The maximum Gasteiger partial charge on any atom is 0.0908 e. The quantitative estimate of drug-likeness (QED) is 0.657. The molecule has 0 aromatic heterocycles. The molecule has 0 amide bonds. The van der Waals surface area contributed by atoms with Crippen LogP contribution >= 0.6 is 0 Å². The zero-order chi connectivity index (χ0) is 14.2. The summed E-state index contributed by atoms with van der Waals surface area (Å²) in [6.45, 7) is 2.21. The summed E-state index contributed by atoms with van der Waals surface area (Å²) in [4.78, 5) is 0. The molecule has 0 bridgehead atoms. The molecule has 2 rings (SSSR count). The predicted molar refractivity (Wildman–Crippen MR) is 84.5 cm³/mol. The normalized spacial score (nSPS) is 22.8. The lowest BCUT2D eigenvalue weighted by molar-refractivity contribution is 0.312. The van der Waals surface area contributed by atoms with Gasteiger partial charge in [0.15, 0.2) is 0 Å². The minimum atomic E-state index is 0.770. The molecule has 1 saturated carbocycles. The molecule has 0 saturated heterocycles. The Hall–Kier alpha value is -1.55. The maximum absolute atomic E-state index is 8.46. The molecule has 1 nitrogen and oxygen atoms in total. The van der Waals surface area contributed by atoms with Gasteiger partial charge in [-0.15, -0.1) is 0 Å². The van der Waals surface area contributed by atoms with Crippen LogP contribution in [0.4, 0.5) is 0 Å². The summed E-state index contributed by atoms with van der Waals surface area (Å²) in [6, 6.07) is 11.3. The molecule has 0 N–H and O–H groups in total. The van der Waals surface area contributed by atoms with Gasteiger partial charge in [0, 0.05) is 6.08 Å². The first-order valence-corrected chi connectivity index (χ1v) is 7.97. The van der Waals surface area contributed by atoms with Crippen molar-refractivity contribution in [3.05, 3.63) is 47.5 Å². The van der Waals surface area contributed by atoms with Crippen molar-refractivity contribution >= 4 is 0 Å². The summed E-state index contributed by atoms with van der Waals surface area (Å²) >= 11 is 0. The fourth-order valence-corrected chi connectivity index (χ4v) is 3.28. The molecule has 1 aliphatic rings. The number of benzene rings is 1. The largest absolute Gasteiger partial charge is 0.193 e. The van der Waals surface area contributed by atoms with Crippen LogP contribution in [0.1, 0.15) is 62.5 Å². The van der Waals surface area contributed by atoms with Crippen molar-refractivity contribution in [3.63, 3.8) is 0 Å². The average Bonchev–Trinajstić information content (AvgIpc) is 2.52. The van der Waals surface area contributed by atoms with Gasteiger partial charge >= 0.3 is 0 Å². The second-order valence-electron chi connectivity index (χ2n) is 5.92. The maximum atomic E-state index is 8.46. The van der Waals surface area contributed by atoms with E-state index in [2.05, 4.69) is 37.3 Å². The summed E-state index contributed by atoms with van der Waals surface area (Å²) in [6.07, 6.45) is 12.4. The molecule has 1 aromatic carbocycles. The van der Waals surface area contributed by atoms with E-state index in [1.54, 1.807) is 6.08 Å². The Balaban J connectivity index is 1.78. The van der Waals surface area contributed by atoms with Gasteiger partial charge in [-0.25, -0.2) is 0 Å². The summed E-state index contributed by atoms with van der Waals surface area (Å²) in [5, 5.41) is 8.46. The van der Waals surface area contributed by atoms with Crippen LogP contribution in [0.3, 0.4) is 0 Å². The lowest BCUT2D eigenvalue weighted by atomic mass is 9.77. The average molecular weight is 267 g/mol. The Labute approximate surface area is 123 Å². The summed E-state index contributed by atoms with van der Waals surface area (Å²) in [7, 11) is 0. The first-order valence-electron chi connectivity index (χ1n) is 7.97. The standard InChI is InChI=1S/C19H25N/c1-2-16-7-11-18(12-8-16)19-13-9-17(10-14-19)6-4-3-5-15-20/h3,5,7-8,11-12,17,19H,2,4,6,9-10,13-14H2,1H3/t17-,19-. The third-order valence-corrected chi connectivity index (χ3v) is 4.64. The number of hydrogen-bond donors (Lipinski definition) is 0. The zero-order valence-corrected chi connectivity index (χ0v) is 12.5. The molecular formula is C19H25N. The molecule has 20 heavy (non-hydrogen) atoms. The van der Waals surface area contributed by atoms with Crippen LogP contribution in [0, 0.1) is 17.2 Å². The lowest BCUT2D eigenvalue weighted by Crippen LogP contribution is -2.13. The fourth-order valence-electron chi connectivity index (χ4n) is 3.28. The Morgan fingerprint density at radius 2 is 1.85 bits per heavy atom. The lowest BCUT2D eigenvalue weighted by Gasteiger charge is -2.28. The summed E-state index contributed by atoms with van der Waals surface area (Å²) < 4.78 is 0. The van der Waals surface area contributed by atoms with Crippen LogP contribution < -0.4 is 0 Å². The van der Waals surface area contributed by atoms with Gasteiger partial charge in [0.25, 0.3) is 0 Å². The van der Waals surface area contributed by atoms with Gasteiger partial charge in [0.1, 0.15) is 0 Å². The van der Waals surface area contributed by atoms with Gasteiger partial charge in [-0.3, -0.25) is 0 Å². The molecule has 0 atom stereocenters. The van der Waals surface area contributed by atoms with Crippen LogP contribution in [-0.4, -0.2) is 0 Å². The minimum Gasteiger partial charge on any atom is -0.193 e. The number of allylic oxidation sites excluding steroid dienone is 2. The van der Waals surface area contributed by atoms with Crippen LogP contribution in [0.5, 0.6) is 0 Å². The highest BCUT2D eigenvalue weighted by molar-refractivity contribution is 5.25. The third kappa shape index (κ3) is 4.23. The highest BCUT2D eigenvalue weighted by Crippen LogP contribution is 2.37. The molecule has 0 heterocycles. The van der Waals surface area contributed by atoms with E-state index in [4.69, 9.17) is 5.26 Å². The summed E-state index contributed by atoms with van der Waals surface area (Å²) in [5.74, 6) is 1.64. The van der Waals surface area contributed by atoms with Gasteiger partial charge in [-0.05, 0) is 67.9 Å². The SMILES string of the molecule is CCc1ccc([C@H]2CC[C@H](CCC=CC#N)CC2)cc1. The zero-order valence-electron chi connectivity index (χ0n) is 12.5. The van der Waals surface area contributed by atoms with E-state index in [-0.39, 0.29) is 0 Å². The number of rotatable bonds is 5. The van der Waals surface area contributed by atoms with Gasteiger partial charge in [0.05, 0.1) is 6.07 Å². The fraction of sp³-hybridized carbons (Fsp3) is 0.526. The molecule has 0 radical (unpaired) electrons. The third-order valence-electron chi connectivity index (χ3n) is 4.64. The van der Waals surface area contributed by atoms with Crippen molar-refractivity contribution in [2.45, 2.75) is 57.8 Å². The monoisotopic (exact) mass is 267 g/mol. The Kier molecular flexibility index (Phi) is 5.87.